The third-order valence-electron chi connectivity index (χ3n) is 4.10. The van der Waals surface area contributed by atoms with Gasteiger partial charge in [-0.2, -0.15) is 18.2 Å². The summed E-state index contributed by atoms with van der Waals surface area (Å²) in [5.74, 6) is -0.822. The van der Waals surface area contributed by atoms with Crippen molar-refractivity contribution >= 4 is 23.4 Å². The molecule has 2 aromatic carbocycles. The second-order valence-electron chi connectivity index (χ2n) is 6.18. The van der Waals surface area contributed by atoms with Crippen LogP contribution in [0.3, 0.4) is 0 Å². The summed E-state index contributed by atoms with van der Waals surface area (Å²) in [6.45, 7) is 0.967. The van der Waals surface area contributed by atoms with Gasteiger partial charge in [-0.15, -0.1) is 0 Å². The zero-order valence-electron chi connectivity index (χ0n) is 15.3. The van der Waals surface area contributed by atoms with Crippen molar-refractivity contribution in [1.82, 2.24) is 9.97 Å². The number of aliphatic carboxylic acids is 1. The molecule has 0 fully saturated rings. The fraction of sp³-hybridized carbons (Fsp3) is 0.150. The molecule has 0 amide bonds. The Kier molecular flexibility index (Phi) is 5.67. The maximum atomic E-state index is 13.2. The standard InChI is InChI=1S/C20H17F3N4O2/c1-12-14(20(21,22)23)8-5-9-15(12)25-17-10-16(13-6-3-2-4-7-13)26-19(27-17)24-11-18(28)29/h2-10H,11H2,1H3,(H,28,29)(H2,24,25,26,27). The van der Waals surface area contributed by atoms with Crippen molar-refractivity contribution in [3.8, 4) is 11.3 Å². The molecule has 6 nitrogen and oxygen atoms in total. The molecule has 0 spiro atoms. The number of rotatable bonds is 6. The number of carbonyl (C=O) groups is 1. The molecule has 0 bridgehead atoms. The summed E-state index contributed by atoms with van der Waals surface area (Å²) in [6, 6.07) is 14.5. The number of carboxylic acid groups (broad SMARTS) is 1. The van der Waals surface area contributed by atoms with Crippen LogP contribution in [-0.4, -0.2) is 27.6 Å². The number of hydrogen-bond donors (Lipinski definition) is 3. The summed E-state index contributed by atoms with van der Waals surface area (Å²) in [6.07, 6.45) is -4.48. The molecule has 29 heavy (non-hydrogen) atoms. The van der Waals surface area contributed by atoms with Gasteiger partial charge >= 0.3 is 12.1 Å². The number of nitrogens with one attached hydrogen (secondary N) is 2. The highest BCUT2D eigenvalue weighted by molar-refractivity contribution is 5.73. The third-order valence-corrected chi connectivity index (χ3v) is 4.10. The lowest BCUT2D eigenvalue weighted by molar-refractivity contribution is -0.138. The molecule has 0 saturated carbocycles. The molecule has 3 rings (SSSR count). The first kappa shape index (κ1) is 20.1. The van der Waals surface area contributed by atoms with Crippen molar-refractivity contribution in [3.05, 3.63) is 65.7 Å². The van der Waals surface area contributed by atoms with Gasteiger partial charge in [0.2, 0.25) is 5.95 Å². The van der Waals surface area contributed by atoms with Gasteiger partial charge < -0.3 is 15.7 Å². The Balaban J connectivity index is 2.00. The van der Waals surface area contributed by atoms with E-state index in [-0.39, 0.29) is 23.0 Å². The Morgan fingerprint density at radius 1 is 1.07 bits per heavy atom. The van der Waals surface area contributed by atoms with Crippen LogP contribution in [0.1, 0.15) is 11.1 Å². The minimum atomic E-state index is -4.48. The molecule has 0 atom stereocenters. The molecule has 0 saturated heterocycles. The van der Waals surface area contributed by atoms with Gasteiger partial charge in [0.25, 0.3) is 0 Å². The highest BCUT2D eigenvalue weighted by Gasteiger charge is 2.32. The van der Waals surface area contributed by atoms with Crippen molar-refractivity contribution in [2.24, 2.45) is 0 Å². The Labute approximate surface area is 164 Å². The van der Waals surface area contributed by atoms with Gasteiger partial charge in [-0.25, -0.2) is 4.98 Å². The number of hydrogen-bond acceptors (Lipinski definition) is 5. The van der Waals surface area contributed by atoms with E-state index in [1.165, 1.54) is 19.1 Å². The highest BCUT2D eigenvalue weighted by atomic mass is 19.4. The minimum absolute atomic E-state index is 0.0277. The zero-order chi connectivity index (χ0) is 21.0. The van der Waals surface area contributed by atoms with Crippen LogP contribution >= 0.6 is 0 Å². The van der Waals surface area contributed by atoms with Gasteiger partial charge in [0.15, 0.2) is 0 Å². The summed E-state index contributed by atoms with van der Waals surface area (Å²) in [4.78, 5) is 19.3. The van der Waals surface area contributed by atoms with E-state index >= 15 is 0 Å². The number of carboxylic acids is 1. The molecular formula is C20H17F3N4O2. The van der Waals surface area contributed by atoms with E-state index in [2.05, 4.69) is 20.6 Å². The molecule has 0 aliphatic heterocycles. The van der Waals surface area contributed by atoms with Crippen molar-refractivity contribution in [2.75, 3.05) is 17.2 Å². The lowest BCUT2D eigenvalue weighted by atomic mass is 10.1. The molecule has 0 aliphatic rings. The third kappa shape index (κ3) is 5.01. The van der Waals surface area contributed by atoms with Crippen LogP contribution in [-0.2, 0) is 11.0 Å². The first-order valence-electron chi connectivity index (χ1n) is 8.58. The summed E-state index contributed by atoms with van der Waals surface area (Å²) in [5, 5.41) is 14.3. The number of anilines is 3. The molecule has 0 unspecified atom stereocenters. The molecule has 1 aromatic heterocycles. The van der Waals surface area contributed by atoms with Gasteiger partial charge in [0, 0.05) is 17.3 Å². The lowest BCUT2D eigenvalue weighted by Crippen LogP contribution is -2.15. The average molecular weight is 402 g/mol. The predicted octanol–water partition coefficient (Wildman–Crippen LogP) is 4.71. The number of alkyl halides is 3. The Morgan fingerprint density at radius 3 is 2.45 bits per heavy atom. The van der Waals surface area contributed by atoms with Crippen LogP contribution in [0.4, 0.5) is 30.6 Å². The molecule has 3 N–H and O–H groups in total. The van der Waals surface area contributed by atoms with Crippen LogP contribution in [0.2, 0.25) is 0 Å². The number of benzene rings is 2. The van der Waals surface area contributed by atoms with Gasteiger partial charge in [-0.05, 0) is 24.6 Å². The van der Waals surface area contributed by atoms with E-state index in [0.29, 0.717) is 5.69 Å². The van der Waals surface area contributed by atoms with Crippen molar-refractivity contribution in [3.63, 3.8) is 0 Å². The van der Waals surface area contributed by atoms with E-state index in [0.717, 1.165) is 11.6 Å². The van der Waals surface area contributed by atoms with E-state index in [1.807, 2.05) is 30.3 Å². The van der Waals surface area contributed by atoms with E-state index in [4.69, 9.17) is 5.11 Å². The van der Waals surface area contributed by atoms with Gasteiger partial charge in [-0.1, -0.05) is 36.4 Å². The molecule has 0 radical (unpaired) electrons. The quantitative estimate of drug-likeness (QED) is 0.554. The maximum absolute atomic E-state index is 13.2. The largest absolute Gasteiger partial charge is 0.480 e. The van der Waals surface area contributed by atoms with Gasteiger partial charge in [-0.3, -0.25) is 4.79 Å². The van der Waals surface area contributed by atoms with Crippen molar-refractivity contribution in [1.29, 1.82) is 0 Å². The lowest BCUT2D eigenvalue weighted by Gasteiger charge is -2.16. The van der Waals surface area contributed by atoms with Gasteiger partial charge in [0.05, 0.1) is 11.3 Å². The molecule has 9 heteroatoms. The highest BCUT2D eigenvalue weighted by Crippen LogP contribution is 2.35. The van der Waals surface area contributed by atoms with Crippen LogP contribution in [0.5, 0.6) is 0 Å². The topological polar surface area (TPSA) is 87.1 Å². The van der Waals surface area contributed by atoms with E-state index in [1.54, 1.807) is 6.07 Å². The average Bonchev–Trinajstić information content (AvgIpc) is 2.67. The number of aromatic nitrogens is 2. The zero-order valence-corrected chi connectivity index (χ0v) is 15.3. The Bertz CT molecular complexity index is 1020. The predicted molar refractivity (Wildman–Crippen MR) is 103 cm³/mol. The summed E-state index contributed by atoms with van der Waals surface area (Å²) >= 11 is 0. The number of halogens is 3. The molecular weight excluding hydrogens is 385 g/mol. The smallest absolute Gasteiger partial charge is 0.416 e. The first-order chi connectivity index (χ1) is 13.7. The van der Waals surface area contributed by atoms with Crippen LogP contribution in [0, 0.1) is 6.92 Å². The molecule has 1 heterocycles. The Hall–Kier alpha value is -3.62. The SMILES string of the molecule is Cc1c(Nc2cc(-c3ccccc3)nc(NCC(=O)O)n2)cccc1C(F)(F)F. The minimum Gasteiger partial charge on any atom is -0.480 e. The summed E-state index contributed by atoms with van der Waals surface area (Å²) in [5.41, 5.74) is 0.753. The summed E-state index contributed by atoms with van der Waals surface area (Å²) in [7, 11) is 0. The summed E-state index contributed by atoms with van der Waals surface area (Å²) < 4.78 is 39.5. The van der Waals surface area contributed by atoms with Crippen LogP contribution in [0.15, 0.2) is 54.6 Å². The van der Waals surface area contributed by atoms with E-state index < -0.39 is 24.3 Å². The first-order valence-corrected chi connectivity index (χ1v) is 8.58. The molecule has 150 valence electrons. The van der Waals surface area contributed by atoms with Crippen LogP contribution < -0.4 is 10.6 Å². The molecule has 0 aliphatic carbocycles. The van der Waals surface area contributed by atoms with E-state index in [9.17, 15) is 18.0 Å². The normalized spacial score (nSPS) is 11.2. The van der Waals surface area contributed by atoms with Crippen molar-refractivity contribution < 1.29 is 23.1 Å². The Morgan fingerprint density at radius 2 is 1.79 bits per heavy atom. The van der Waals surface area contributed by atoms with Crippen LogP contribution in [0.25, 0.3) is 11.3 Å². The van der Waals surface area contributed by atoms with Gasteiger partial charge in [0.1, 0.15) is 12.4 Å². The fourth-order valence-electron chi connectivity index (χ4n) is 2.72. The van der Waals surface area contributed by atoms with Crippen molar-refractivity contribution in [2.45, 2.75) is 13.1 Å². The monoisotopic (exact) mass is 402 g/mol. The maximum Gasteiger partial charge on any atom is 0.416 e. The fourth-order valence-corrected chi connectivity index (χ4v) is 2.72. The second kappa shape index (κ2) is 8.17. The molecule has 3 aromatic rings. The number of nitrogens with zero attached hydrogens (tertiary/aromatic N) is 2. The second-order valence-corrected chi connectivity index (χ2v) is 6.18.